The lowest BCUT2D eigenvalue weighted by Crippen LogP contribution is -2.07. The number of hydrogen-bond donors (Lipinski definition) is 0. The number of halogens is 1. The molecule has 0 saturated heterocycles. The highest BCUT2D eigenvalue weighted by atomic mass is 35.5. The van der Waals surface area contributed by atoms with E-state index in [1.807, 2.05) is 55.5 Å². The third-order valence-corrected chi connectivity index (χ3v) is 5.09. The summed E-state index contributed by atoms with van der Waals surface area (Å²) in [5, 5.41) is 0.673. The minimum Gasteiger partial charge on any atom is -0.493 e. The van der Waals surface area contributed by atoms with Crippen LogP contribution in [0.1, 0.15) is 23.6 Å². The number of carbonyl (C=O) groups is 1. The molecule has 0 fully saturated rings. The maximum atomic E-state index is 12.4. The summed E-state index contributed by atoms with van der Waals surface area (Å²) in [6, 6.07) is 20.1. The van der Waals surface area contributed by atoms with Crippen molar-refractivity contribution >= 4 is 29.5 Å². The first-order valence-corrected chi connectivity index (χ1v) is 10.7. The molecule has 0 aliphatic carbocycles. The van der Waals surface area contributed by atoms with Crippen molar-refractivity contribution in [2.24, 2.45) is 4.99 Å². The van der Waals surface area contributed by atoms with E-state index >= 15 is 0 Å². The lowest BCUT2D eigenvalue weighted by Gasteiger charge is -2.11. The number of aliphatic imine (C=N–C) groups is 1. The predicted octanol–water partition coefficient (Wildman–Crippen LogP) is 5.67. The van der Waals surface area contributed by atoms with Crippen molar-refractivity contribution in [3.05, 3.63) is 94.1 Å². The molecule has 6 nitrogen and oxygen atoms in total. The van der Waals surface area contributed by atoms with Crippen LogP contribution in [0.5, 0.6) is 17.2 Å². The number of carbonyl (C=O) groups excluding carboxylic acids is 1. The molecule has 7 heteroatoms. The van der Waals surface area contributed by atoms with Crippen LogP contribution in [0.4, 0.5) is 0 Å². The van der Waals surface area contributed by atoms with E-state index in [4.69, 9.17) is 30.5 Å². The number of esters is 1. The van der Waals surface area contributed by atoms with Gasteiger partial charge in [0.1, 0.15) is 12.4 Å². The Hall–Kier alpha value is -3.77. The standard InChI is InChI=1S/C26H22ClNO5/c1-3-31-22-7-5-4-6-20(22)25-28-21(26(29)33-25)14-18-10-13-23(24(15-18)30-2)32-16-17-8-11-19(27)12-9-17/h4-15H,3,16H2,1-2H3/b21-14-. The predicted molar refractivity (Wildman–Crippen MR) is 127 cm³/mol. The van der Waals surface area contributed by atoms with Gasteiger partial charge in [0.05, 0.1) is 19.3 Å². The molecular weight excluding hydrogens is 442 g/mol. The summed E-state index contributed by atoms with van der Waals surface area (Å²) >= 11 is 5.93. The molecule has 0 bridgehead atoms. The van der Waals surface area contributed by atoms with Gasteiger partial charge in [-0.25, -0.2) is 9.79 Å². The second-order valence-electron chi connectivity index (χ2n) is 7.09. The van der Waals surface area contributed by atoms with E-state index in [0.717, 1.165) is 11.1 Å². The van der Waals surface area contributed by atoms with Gasteiger partial charge in [-0.2, -0.15) is 0 Å². The molecule has 0 radical (unpaired) electrons. The summed E-state index contributed by atoms with van der Waals surface area (Å²) in [5.74, 6) is 1.41. The second kappa shape index (κ2) is 10.2. The smallest absolute Gasteiger partial charge is 0.363 e. The molecule has 1 aliphatic heterocycles. The molecule has 1 heterocycles. The van der Waals surface area contributed by atoms with Gasteiger partial charge in [0.25, 0.3) is 0 Å². The number of methoxy groups -OCH3 is 1. The minimum atomic E-state index is -0.529. The third-order valence-electron chi connectivity index (χ3n) is 4.84. The fourth-order valence-electron chi connectivity index (χ4n) is 3.24. The third kappa shape index (κ3) is 5.35. The Labute approximate surface area is 197 Å². The molecule has 3 aromatic carbocycles. The summed E-state index contributed by atoms with van der Waals surface area (Å²) in [4.78, 5) is 16.8. The van der Waals surface area contributed by atoms with Gasteiger partial charge in [-0.15, -0.1) is 0 Å². The van der Waals surface area contributed by atoms with E-state index in [1.54, 1.807) is 31.4 Å². The van der Waals surface area contributed by atoms with Crippen LogP contribution >= 0.6 is 11.6 Å². The lowest BCUT2D eigenvalue weighted by molar-refractivity contribution is -0.129. The van der Waals surface area contributed by atoms with Crippen LogP contribution in [0.15, 0.2) is 77.4 Å². The molecule has 0 saturated carbocycles. The molecular formula is C26H22ClNO5. The Bertz CT molecular complexity index is 1220. The van der Waals surface area contributed by atoms with Gasteiger partial charge in [-0.3, -0.25) is 0 Å². The van der Waals surface area contributed by atoms with Crippen LogP contribution in [0.2, 0.25) is 5.02 Å². The van der Waals surface area contributed by atoms with Gasteiger partial charge >= 0.3 is 5.97 Å². The van der Waals surface area contributed by atoms with Crippen LogP contribution in [0.3, 0.4) is 0 Å². The monoisotopic (exact) mass is 463 g/mol. The number of hydrogen-bond acceptors (Lipinski definition) is 6. The molecule has 0 N–H and O–H groups in total. The number of nitrogens with zero attached hydrogens (tertiary/aromatic N) is 1. The second-order valence-corrected chi connectivity index (χ2v) is 7.53. The van der Waals surface area contributed by atoms with Gasteiger partial charge in [0.2, 0.25) is 5.90 Å². The van der Waals surface area contributed by atoms with Gasteiger partial charge in [-0.1, -0.05) is 41.9 Å². The topological polar surface area (TPSA) is 66.3 Å². The van der Waals surface area contributed by atoms with Crippen LogP contribution in [0, 0.1) is 0 Å². The Morgan fingerprint density at radius 3 is 2.52 bits per heavy atom. The summed E-state index contributed by atoms with van der Waals surface area (Å²) in [6.45, 7) is 2.75. The number of cyclic esters (lactones) is 1. The van der Waals surface area contributed by atoms with Crippen molar-refractivity contribution in [2.45, 2.75) is 13.5 Å². The van der Waals surface area contributed by atoms with E-state index in [0.29, 0.717) is 41.0 Å². The molecule has 33 heavy (non-hydrogen) atoms. The Balaban J connectivity index is 1.54. The summed E-state index contributed by atoms with van der Waals surface area (Å²) in [7, 11) is 1.56. The zero-order valence-electron chi connectivity index (χ0n) is 18.2. The van der Waals surface area contributed by atoms with Gasteiger partial charge < -0.3 is 18.9 Å². The van der Waals surface area contributed by atoms with Crippen molar-refractivity contribution < 1.29 is 23.7 Å². The first-order chi connectivity index (χ1) is 16.1. The van der Waals surface area contributed by atoms with Crippen LogP contribution in [0.25, 0.3) is 6.08 Å². The molecule has 0 atom stereocenters. The fourth-order valence-corrected chi connectivity index (χ4v) is 3.37. The molecule has 0 amide bonds. The maximum Gasteiger partial charge on any atom is 0.363 e. The first-order valence-electron chi connectivity index (χ1n) is 10.4. The summed E-state index contributed by atoms with van der Waals surface area (Å²) in [6.07, 6.45) is 1.64. The largest absolute Gasteiger partial charge is 0.493 e. The van der Waals surface area contributed by atoms with Crippen molar-refractivity contribution in [1.29, 1.82) is 0 Å². The number of rotatable bonds is 8. The number of ether oxygens (including phenoxy) is 4. The minimum absolute atomic E-state index is 0.188. The van der Waals surface area contributed by atoms with Gasteiger partial charge in [0.15, 0.2) is 17.2 Å². The van der Waals surface area contributed by atoms with Gasteiger partial charge in [0, 0.05) is 5.02 Å². The maximum absolute atomic E-state index is 12.4. The molecule has 0 aromatic heterocycles. The number of para-hydroxylation sites is 1. The first kappa shape index (κ1) is 22.4. The van der Waals surface area contributed by atoms with Crippen molar-refractivity contribution in [1.82, 2.24) is 0 Å². The van der Waals surface area contributed by atoms with E-state index in [2.05, 4.69) is 4.99 Å². The van der Waals surface area contributed by atoms with Crippen molar-refractivity contribution in [3.63, 3.8) is 0 Å². The Morgan fingerprint density at radius 2 is 1.76 bits per heavy atom. The van der Waals surface area contributed by atoms with Crippen LogP contribution in [-0.4, -0.2) is 25.6 Å². The Kier molecular flexibility index (Phi) is 6.95. The highest BCUT2D eigenvalue weighted by Gasteiger charge is 2.26. The molecule has 168 valence electrons. The molecule has 1 aliphatic rings. The molecule has 0 spiro atoms. The van der Waals surface area contributed by atoms with E-state index in [-0.39, 0.29) is 11.6 Å². The van der Waals surface area contributed by atoms with E-state index in [1.165, 1.54) is 0 Å². The highest BCUT2D eigenvalue weighted by molar-refractivity contribution is 6.30. The van der Waals surface area contributed by atoms with E-state index < -0.39 is 5.97 Å². The Morgan fingerprint density at radius 1 is 0.970 bits per heavy atom. The fraction of sp³-hybridized carbons (Fsp3) is 0.154. The average molecular weight is 464 g/mol. The molecule has 0 unspecified atom stereocenters. The van der Waals surface area contributed by atoms with Gasteiger partial charge in [-0.05, 0) is 60.5 Å². The molecule has 4 rings (SSSR count). The normalized spacial score (nSPS) is 14.1. The SMILES string of the molecule is CCOc1ccccc1C1=N/C(=C\c2ccc(OCc3ccc(Cl)cc3)c(OC)c2)C(=O)O1. The van der Waals surface area contributed by atoms with Crippen LogP contribution in [-0.2, 0) is 16.1 Å². The summed E-state index contributed by atoms with van der Waals surface area (Å²) in [5.41, 5.74) is 2.52. The van der Waals surface area contributed by atoms with Crippen molar-refractivity contribution in [3.8, 4) is 17.2 Å². The summed E-state index contributed by atoms with van der Waals surface area (Å²) < 4.78 is 22.4. The van der Waals surface area contributed by atoms with Crippen molar-refractivity contribution in [2.75, 3.05) is 13.7 Å². The van der Waals surface area contributed by atoms with Crippen LogP contribution < -0.4 is 14.2 Å². The quantitative estimate of drug-likeness (QED) is 0.318. The lowest BCUT2D eigenvalue weighted by atomic mass is 10.1. The number of benzene rings is 3. The van der Waals surface area contributed by atoms with E-state index in [9.17, 15) is 4.79 Å². The zero-order valence-corrected chi connectivity index (χ0v) is 19.0. The zero-order chi connectivity index (χ0) is 23.2. The highest BCUT2D eigenvalue weighted by Crippen LogP contribution is 2.31. The molecule has 3 aromatic rings. The average Bonchev–Trinajstić information content (AvgIpc) is 3.19.